The normalized spacial score (nSPS) is 11.0. The molecule has 0 aliphatic rings. The number of rotatable bonds is 7. The van der Waals surface area contributed by atoms with Crippen molar-refractivity contribution in [2.24, 2.45) is 0 Å². The average molecular weight is 322 g/mol. The van der Waals surface area contributed by atoms with Crippen molar-refractivity contribution >= 4 is 17.6 Å². The molecule has 23 heavy (non-hydrogen) atoms. The average Bonchev–Trinajstić information content (AvgIpc) is 2.45. The second-order valence-electron chi connectivity index (χ2n) is 6.16. The van der Waals surface area contributed by atoms with Gasteiger partial charge in [-0.25, -0.2) is 4.79 Å². The van der Waals surface area contributed by atoms with Crippen molar-refractivity contribution in [2.75, 3.05) is 18.9 Å². The number of carbonyl (C=O) groups is 2. The predicted octanol–water partition coefficient (Wildman–Crippen LogP) is 3.16. The molecule has 0 atom stereocenters. The number of anilines is 1. The quantitative estimate of drug-likeness (QED) is 0.457. The summed E-state index contributed by atoms with van der Waals surface area (Å²) in [6.45, 7) is 8.09. The van der Waals surface area contributed by atoms with Crippen LogP contribution in [0.15, 0.2) is 18.2 Å². The van der Waals surface area contributed by atoms with Crippen molar-refractivity contribution in [2.45, 2.75) is 46.1 Å². The molecule has 128 valence electrons. The maximum atomic E-state index is 11.8. The number of amides is 1. The lowest BCUT2D eigenvalue weighted by atomic mass is 10.1. The number of carbonyl (C=O) groups excluding carboxylic acids is 2. The van der Waals surface area contributed by atoms with E-state index in [0.717, 1.165) is 0 Å². The zero-order valence-corrected chi connectivity index (χ0v) is 14.3. The van der Waals surface area contributed by atoms with Crippen molar-refractivity contribution in [3.63, 3.8) is 0 Å². The third-order valence-electron chi connectivity index (χ3n) is 2.90. The molecule has 0 radical (unpaired) electrons. The molecule has 6 nitrogen and oxygen atoms in total. The number of hydrogen-bond donors (Lipinski definition) is 2. The van der Waals surface area contributed by atoms with Crippen molar-refractivity contribution in [1.82, 2.24) is 5.32 Å². The van der Waals surface area contributed by atoms with Gasteiger partial charge in [-0.1, -0.05) is 6.92 Å². The van der Waals surface area contributed by atoms with E-state index >= 15 is 0 Å². The minimum Gasteiger partial charge on any atom is -0.494 e. The van der Waals surface area contributed by atoms with Gasteiger partial charge in [0, 0.05) is 24.2 Å². The molecule has 0 heterocycles. The van der Waals surface area contributed by atoms with Crippen LogP contribution in [0.3, 0.4) is 0 Å². The zero-order valence-electron chi connectivity index (χ0n) is 14.3. The summed E-state index contributed by atoms with van der Waals surface area (Å²) < 4.78 is 10.7. The van der Waals surface area contributed by atoms with Gasteiger partial charge in [0.2, 0.25) is 0 Å². The lowest BCUT2D eigenvalue weighted by molar-refractivity contribution is 0.0525. The first-order valence-electron chi connectivity index (χ1n) is 7.75. The Kier molecular flexibility index (Phi) is 6.88. The molecule has 0 saturated heterocycles. The van der Waals surface area contributed by atoms with Gasteiger partial charge in [-0.15, -0.1) is 0 Å². The van der Waals surface area contributed by atoms with Gasteiger partial charge in [0.25, 0.3) is 0 Å². The summed E-state index contributed by atoms with van der Waals surface area (Å²) in [5, 5.41) is 2.66. The summed E-state index contributed by atoms with van der Waals surface area (Å²) in [5.74, 6) is 0.577. The highest BCUT2D eigenvalue weighted by Gasteiger charge is 2.15. The van der Waals surface area contributed by atoms with Gasteiger partial charge >= 0.3 is 6.09 Å². The SMILES string of the molecule is CCC(=O)c1cc(OCCCNC(=O)OC(C)(C)C)ccc1N. The number of benzene rings is 1. The number of nitrogens with one attached hydrogen (secondary N) is 1. The zero-order chi connectivity index (χ0) is 17.5. The molecule has 0 bridgehead atoms. The number of nitrogens with two attached hydrogens (primary N) is 1. The summed E-state index contributed by atoms with van der Waals surface area (Å²) in [6, 6.07) is 5.04. The minimum atomic E-state index is -0.507. The van der Waals surface area contributed by atoms with E-state index in [1.165, 1.54) is 0 Å². The molecule has 0 aromatic heterocycles. The van der Waals surface area contributed by atoms with E-state index in [9.17, 15) is 9.59 Å². The number of hydrogen-bond acceptors (Lipinski definition) is 5. The van der Waals surface area contributed by atoms with Gasteiger partial charge in [0.1, 0.15) is 11.4 Å². The monoisotopic (exact) mass is 322 g/mol. The van der Waals surface area contributed by atoms with Crippen LogP contribution < -0.4 is 15.8 Å². The molecule has 0 fully saturated rings. The largest absolute Gasteiger partial charge is 0.494 e. The molecule has 0 saturated carbocycles. The Labute approximate surface area is 137 Å². The molecule has 1 rings (SSSR count). The van der Waals surface area contributed by atoms with Crippen LogP contribution in [0.2, 0.25) is 0 Å². The van der Waals surface area contributed by atoms with Crippen molar-refractivity contribution in [3.05, 3.63) is 23.8 Å². The summed E-state index contributed by atoms with van der Waals surface area (Å²) >= 11 is 0. The van der Waals surface area contributed by atoms with Gasteiger partial charge in [-0.05, 0) is 45.4 Å². The Balaban J connectivity index is 2.37. The fraction of sp³-hybridized carbons (Fsp3) is 0.529. The van der Waals surface area contributed by atoms with Gasteiger partial charge in [-0.3, -0.25) is 4.79 Å². The highest BCUT2D eigenvalue weighted by Crippen LogP contribution is 2.21. The van der Waals surface area contributed by atoms with E-state index in [1.54, 1.807) is 25.1 Å². The van der Waals surface area contributed by atoms with Gasteiger partial charge in [0.05, 0.1) is 6.61 Å². The highest BCUT2D eigenvalue weighted by atomic mass is 16.6. The third kappa shape index (κ3) is 7.04. The third-order valence-corrected chi connectivity index (χ3v) is 2.90. The van der Waals surface area contributed by atoms with Crippen molar-refractivity contribution < 1.29 is 19.1 Å². The van der Waals surface area contributed by atoms with E-state index in [-0.39, 0.29) is 5.78 Å². The summed E-state index contributed by atoms with van der Waals surface area (Å²) in [5.41, 5.74) is 6.22. The standard InChI is InChI=1S/C17H26N2O4/c1-5-15(20)13-11-12(7-8-14(13)18)22-10-6-9-19-16(21)23-17(2,3)4/h7-8,11H,5-6,9-10,18H2,1-4H3,(H,19,21). The molecule has 0 aliphatic heterocycles. The maximum absolute atomic E-state index is 11.8. The molecule has 1 amide bonds. The molecule has 1 aromatic rings. The second-order valence-corrected chi connectivity index (χ2v) is 6.16. The van der Waals surface area contributed by atoms with Crippen LogP contribution in [0.4, 0.5) is 10.5 Å². The Bertz CT molecular complexity index is 550. The first kappa shape index (κ1) is 18.8. The van der Waals surface area contributed by atoms with Crippen LogP contribution in [0.5, 0.6) is 5.75 Å². The van der Waals surface area contributed by atoms with Crippen LogP contribution in [0.1, 0.15) is 50.9 Å². The molecule has 0 aliphatic carbocycles. The first-order chi connectivity index (χ1) is 10.7. The lowest BCUT2D eigenvalue weighted by Gasteiger charge is -2.19. The van der Waals surface area contributed by atoms with Crippen molar-refractivity contribution in [3.8, 4) is 5.75 Å². The highest BCUT2D eigenvalue weighted by molar-refractivity contribution is 6.00. The number of ether oxygens (including phenoxy) is 2. The van der Waals surface area contributed by atoms with Gasteiger partial charge in [0.15, 0.2) is 5.78 Å². The maximum Gasteiger partial charge on any atom is 0.407 e. The van der Waals surface area contributed by atoms with E-state index in [2.05, 4.69) is 5.32 Å². The summed E-state index contributed by atoms with van der Waals surface area (Å²) in [4.78, 5) is 23.2. The van der Waals surface area contributed by atoms with Crippen LogP contribution in [-0.4, -0.2) is 30.6 Å². The Morgan fingerprint density at radius 2 is 1.96 bits per heavy atom. The van der Waals surface area contributed by atoms with Gasteiger partial charge in [-0.2, -0.15) is 0 Å². The molecule has 6 heteroatoms. The van der Waals surface area contributed by atoms with Crippen molar-refractivity contribution in [1.29, 1.82) is 0 Å². The van der Waals surface area contributed by atoms with E-state index in [4.69, 9.17) is 15.2 Å². The van der Waals surface area contributed by atoms with Crippen LogP contribution in [0, 0.1) is 0 Å². The number of alkyl carbamates (subject to hydrolysis) is 1. The fourth-order valence-electron chi connectivity index (χ4n) is 1.82. The molecule has 0 spiro atoms. The first-order valence-corrected chi connectivity index (χ1v) is 7.75. The molecular formula is C17H26N2O4. The predicted molar refractivity (Wildman–Crippen MR) is 89.8 cm³/mol. The number of nitrogen functional groups attached to an aromatic ring is 1. The Morgan fingerprint density at radius 1 is 1.26 bits per heavy atom. The smallest absolute Gasteiger partial charge is 0.407 e. The minimum absolute atomic E-state index is 0.0143. The second kappa shape index (κ2) is 8.41. The summed E-state index contributed by atoms with van der Waals surface area (Å²) in [6.07, 6.45) is 0.578. The van der Waals surface area contributed by atoms with Crippen LogP contribution in [0.25, 0.3) is 0 Å². The van der Waals surface area contributed by atoms with E-state index in [0.29, 0.717) is 43.0 Å². The van der Waals surface area contributed by atoms with Crippen LogP contribution in [-0.2, 0) is 4.74 Å². The Morgan fingerprint density at radius 3 is 2.57 bits per heavy atom. The molecule has 3 N–H and O–H groups in total. The van der Waals surface area contributed by atoms with E-state index < -0.39 is 11.7 Å². The van der Waals surface area contributed by atoms with Gasteiger partial charge < -0.3 is 20.5 Å². The fourth-order valence-corrected chi connectivity index (χ4v) is 1.82. The molecule has 0 unspecified atom stereocenters. The topological polar surface area (TPSA) is 90.6 Å². The molecule has 1 aromatic carbocycles. The number of Topliss-reactive ketones (excluding diaryl/α,β-unsaturated/α-hetero) is 1. The Hall–Kier alpha value is -2.24. The summed E-state index contributed by atoms with van der Waals surface area (Å²) in [7, 11) is 0. The molecular weight excluding hydrogens is 296 g/mol. The lowest BCUT2D eigenvalue weighted by Crippen LogP contribution is -2.33. The van der Waals surface area contributed by atoms with Crippen LogP contribution >= 0.6 is 0 Å². The number of ketones is 1. The van der Waals surface area contributed by atoms with E-state index in [1.807, 2.05) is 20.8 Å².